The quantitative estimate of drug-likeness (QED) is 0.455. The molecule has 1 amide bonds. The van der Waals surface area contributed by atoms with Crippen molar-refractivity contribution in [1.82, 2.24) is 5.32 Å². The van der Waals surface area contributed by atoms with Crippen molar-refractivity contribution in [2.24, 2.45) is 5.92 Å². The van der Waals surface area contributed by atoms with Gasteiger partial charge in [-0.05, 0) is 42.8 Å². The molecule has 0 saturated heterocycles. The number of amides is 1. The molecule has 0 heterocycles. The van der Waals surface area contributed by atoms with E-state index < -0.39 is 7.26 Å². The van der Waals surface area contributed by atoms with E-state index in [2.05, 4.69) is 96.3 Å². The molecule has 0 aliphatic carbocycles. The van der Waals surface area contributed by atoms with Crippen LogP contribution >= 0.6 is 7.26 Å². The molecule has 0 saturated carbocycles. The van der Waals surface area contributed by atoms with Crippen LogP contribution in [0.3, 0.4) is 0 Å². The van der Waals surface area contributed by atoms with E-state index in [1.165, 1.54) is 15.9 Å². The molecule has 2 nitrogen and oxygen atoms in total. The fraction of sp³-hybridized carbons (Fsp3) is 0.240. The Kier molecular flexibility index (Phi) is 7.01. The van der Waals surface area contributed by atoms with E-state index in [-0.39, 0.29) is 11.8 Å². The molecular formula is C25H29NOP+. The summed E-state index contributed by atoms with van der Waals surface area (Å²) in [5.74, 6) is 0.153. The molecule has 0 spiro atoms. The first-order chi connectivity index (χ1) is 13.6. The normalized spacial score (nSPS) is 11.4. The molecule has 0 aliphatic heterocycles. The lowest BCUT2D eigenvalue weighted by Crippen LogP contribution is -2.35. The predicted octanol–water partition coefficient (Wildman–Crippen LogP) is 4.14. The molecular weight excluding hydrogens is 361 g/mol. The Hall–Kier alpha value is -2.44. The molecule has 0 aliphatic rings. The maximum Gasteiger partial charge on any atom is 0.222 e. The van der Waals surface area contributed by atoms with Crippen LogP contribution in [-0.4, -0.2) is 18.6 Å². The van der Waals surface area contributed by atoms with Crippen molar-refractivity contribution in [1.29, 1.82) is 0 Å². The van der Waals surface area contributed by atoms with Crippen molar-refractivity contribution in [3.63, 3.8) is 0 Å². The smallest absolute Gasteiger partial charge is 0.222 e. The average Bonchev–Trinajstić information content (AvgIpc) is 2.75. The zero-order valence-corrected chi connectivity index (χ0v) is 17.6. The van der Waals surface area contributed by atoms with Crippen LogP contribution in [-0.2, 0) is 4.79 Å². The van der Waals surface area contributed by atoms with Crippen LogP contribution in [0.25, 0.3) is 0 Å². The second-order valence-corrected chi connectivity index (χ2v) is 11.0. The van der Waals surface area contributed by atoms with Crippen LogP contribution < -0.4 is 21.2 Å². The van der Waals surface area contributed by atoms with Crippen LogP contribution in [0.2, 0.25) is 0 Å². The van der Waals surface area contributed by atoms with Crippen LogP contribution in [0.4, 0.5) is 0 Å². The van der Waals surface area contributed by atoms with E-state index in [1.54, 1.807) is 0 Å². The van der Waals surface area contributed by atoms with Gasteiger partial charge in [-0.25, -0.2) is 0 Å². The lowest BCUT2D eigenvalue weighted by atomic mass is 10.2. The van der Waals surface area contributed by atoms with E-state index in [9.17, 15) is 4.79 Å². The summed E-state index contributed by atoms with van der Waals surface area (Å²) < 4.78 is 0. The van der Waals surface area contributed by atoms with Crippen molar-refractivity contribution >= 4 is 29.1 Å². The molecule has 0 unspecified atom stereocenters. The molecule has 0 atom stereocenters. The third-order valence-corrected chi connectivity index (χ3v) is 9.61. The number of benzene rings is 3. The van der Waals surface area contributed by atoms with E-state index in [0.29, 0.717) is 6.54 Å². The second-order valence-electron chi connectivity index (χ2n) is 7.34. The number of carbonyl (C=O) groups excluding carboxylic acids is 1. The summed E-state index contributed by atoms with van der Waals surface area (Å²) in [6.07, 6.45) is 1.98. The number of carbonyl (C=O) groups is 1. The van der Waals surface area contributed by atoms with Crippen LogP contribution in [0.5, 0.6) is 0 Å². The van der Waals surface area contributed by atoms with E-state index >= 15 is 0 Å². The van der Waals surface area contributed by atoms with Gasteiger partial charge in [0, 0.05) is 12.5 Å². The third-order valence-electron chi connectivity index (χ3n) is 5.08. The molecule has 3 rings (SSSR count). The van der Waals surface area contributed by atoms with Crippen LogP contribution in [0.1, 0.15) is 20.3 Å². The van der Waals surface area contributed by atoms with Gasteiger partial charge in [-0.2, -0.15) is 0 Å². The van der Waals surface area contributed by atoms with Gasteiger partial charge in [-0.3, -0.25) is 4.79 Å². The zero-order valence-electron chi connectivity index (χ0n) is 16.7. The zero-order chi connectivity index (χ0) is 19.8. The summed E-state index contributed by atoms with van der Waals surface area (Å²) in [5, 5.41) is 7.26. The summed E-state index contributed by atoms with van der Waals surface area (Å²) in [5.41, 5.74) is 0. The Morgan fingerprint density at radius 1 is 0.750 bits per heavy atom. The topological polar surface area (TPSA) is 29.1 Å². The SMILES string of the molecule is CC(C)C(=O)NCCC[P+](c1ccccc1)(c1ccccc1)c1ccccc1. The van der Waals surface area contributed by atoms with E-state index in [4.69, 9.17) is 0 Å². The minimum atomic E-state index is -1.79. The molecule has 0 fully saturated rings. The Bertz CT molecular complexity index is 766. The van der Waals surface area contributed by atoms with Gasteiger partial charge >= 0.3 is 0 Å². The van der Waals surface area contributed by atoms with E-state index in [1.807, 2.05) is 13.8 Å². The van der Waals surface area contributed by atoms with Gasteiger partial charge in [-0.15, -0.1) is 0 Å². The first kappa shape index (κ1) is 20.3. The summed E-state index contributed by atoms with van der Waals surface area (Å²) >= 11 is 0. The Labute approximate surface area is 169 Å². The minimum absolute atomic E-state index is 0.0249. The van der Waals surface area contributed by atoms with Crippen LogP contribution in [0, 0.1) is 5.92 Å². The number of hydrogen-bond donors (Lipinski definition) is 1. The summed E-state index contributed by atoms with van der Waals surface area (Å²) in [6.45, 7) is 4.58. The molecule has 0 radical (unpaired) electrons. The van der Waals surface area contributed by atoms with Gasteiger partial charge in [0.2, 0.25) is 5.91 Å². The van der Waals surface area contributed by atoms with Crippen molar-refractivity contribution in [3.05, 3.63) is 91.0 Å². The molecule has 0 aromatic heterocycles. The molecule has 1 N–H and O–H groups in total. The minimum Gasteiger partial charge on any atom is -0.356 e. The molecule has 3 aromatic carbocycles. The van der Waals surface area contributed by atoms with Gasteiger partial charge in [0.1, 0.15) is 23.2 Å². The number of nitrogens with one attached hydrogen (secondary N) is 1. The Balaban J connectivity index is 2.00. The maximum absolute atomic E-state index is 12.0. The van der Waals surface area contributed by atoms with Crippen molar-refractivity contribution < 1.29 is 4.79 Å². The fourth-order valence-electron chi connectivity index (χ4n) is 3.61. The molecule has 28 heavy (non-hydrogen) atoms. The summed E-state index contributed by atoms with van der Waals surface area (Å²) in [4.78, 5) is 12.0. The van der Waals surface area contributed by atoms with Gasteiger partial charge in [0.05, 0.1) is 6.16 Å². The number of hydrogen-bond acceptors (Lipinski definition) is 1. The molecule has 3 heteroatoms. The van der Waals surface area contributed by atoms with Crippen molar-refractivity contribution in [3.8, 4) is 0 Å². The highest BCUT2D eigenvalue weighted by molar-refractivity contribution is 7.95. The van der Waals surface area contributed by atoms with Gasteiger partial charge in [0.25, 0.3) is 0 Å². The van der Waals surface area contributed by atoms with E-state index in [0.717, 1.165) is 12.6 Å². The molecule has 3 aromatic rings. The fourth-order valence-corrected chi connectivity index (χ4v) is 7.96. The highest BCUT2D eigenvalue weighted by Gasteiger charge is 2.44. The monoisotopic (exact) mass is 390 g/mol. The van der Waals surface area contributed by atoms with Crippen molar-refractivity contribution in [2.45, 2.75) is 20.3 Å². The first-order valence-electron chi connectivity index (χ1n) is 9.97. The standard InChI is InChI=1S/C25H28NOP/c1-21(2)25(27)26-19-12-20-28(22-13-6-3-7-14-22,23-15-8-4-9-16-23)24-17-10-5-11-18-24/h3-11,13-18,21H,12,19-20H2,1-2H3/p+1. The van der Waals surface area contributed by atoms with Gasteiger partial charge in [0.15, 0.2) is 0 Å². The average molecular weight is 390 g/mol. The van der Waals surface area contributed by atoms with Gasteiger partial charge < -0.3 is 5.32 Å². The second kappa shape index (κ2) is 9.66. The summed E-state index contributed by atoms with van der Waals surface area (Å²) in [7, 11) is -1.79. The van der Waals surface area contributed by atoms with Crippen molar-refractivity contribution in [2.75, 3.05) is 12.7 Å². The maximum atomic E-state index is 12.0. The third kappa shape index (κ3) is 4.51. The highest BCUT2D eigenvalue weighted by Crippen LogP contribution is 2.55. The lowest BCUT2D eigenvalue weighted by Gasteiger charge is -2.27. The Morgan fingerprint density at radius 3 is 1.50 bits per heavy atom. The predicted molar refractivity (Wildman–Crippen MR) is 122 cm³/mol. The Morgan fingerprint density at radius 2 is 1.14 bits per heavy atom. The lowest BCUT2D eigenvalue weighted by molar-refractivity contribution is -0.123. The summed E-state index contributed by atoms with van der Waals surface area (Å²) in [6, 6.07) is 32.6. The molecule has 144 valence electrons. The first-order valence-corrected chi connectivity index (χ1v) is 11.9. The van der Waals surface area contributed by atoms with Gasteiger partial charge in [-0.1, -0.05) is 68.4 Å². The highest BCUT2D eigenvalue weighted by atomic mass is 31.2. The molecule has 0 bridgehead atoms. The number of rotatable bonds is 8. The largest absolute Gasteiger partial charge is 0.356 e. The van der Waals surface area contributed by atoms with Crippen LogP contribution in [0.15, 0.2) is 91.0 Å².